The third-order valence-corrected chi connectivity index (χ3v) is 4.75. The van der Waals surface area contributed by atoms with E-state index in [1.807, 2.05) is 0 Å². The van der Waals surface area contributed by atoms with Gasteiger partial charge in [0.1, 0.15) is 0 Å². The average Bonchev–Trinajstić information content (AvgIpc) is 2.35. The smallest absolute Gasteiger partial charge is 0.335 e. The number of carbonyl (C=O) groups is 1. The number of benzene rings is 1. The predicted octanol–water partition coefficient (Wildman–Crippen LogP) is 0.696. The standard InChI is InChI=1S/C12H17NO5S/c1-9-4-5-10(12(15)16)8-11(9)19(17,18)13(2)6-3-7-14/h4-5,8,14H,3,6-7H2,1-2H3,(H,15,16). The Hall–Kier alpha value is -1.44. The molecule has 106 valence electrons. The highest BCUT2D eigenvalue weighted by molar-refractivity contribution is 7.89. The molecule has 1 aromatic rings. The third kappa shape index (κ3) is 3.52. The number of carboxylic acids is 1. The molecule has 0 spiro atoms. The first-order valence-corrected chi connectivity index (χ1v) is 7.16. The van der Waals surface area contributed by atoms with Gasteiger partial charge in [-0.2, -0.15) is 0 Å². The minimum absolute atomic E-state index is 0.0205. The Balaban J connectivity index is 3.20. The summed E-state index contributed by atoms with van der Waals surface area (Å²) in [4.78, 5) is 10.9. The van der Waals surface area contributed by atoms with E-state index in [4.69, 9.17) is 10.2 Å². The molecule has 2 N–H and O–H groups in total. The summed E-state index contributed by atoms with van der Waals surface area (Å²) in [6.07, 6.45) is 0.327. The van der Waals surface area contributed by atoms with Crippen molar-refractivity contribution in [3.05, 3.63) is 29.3 Å². The summed E-state index contributed by atoms with van der Waals surface area (Å²) in [7, 11) is -2.34. The number of carboxylic acid groups (broad SMARTS) is 1. The Morgan fingerprint density at radius 1 is 1.37 bits per heavy atom. The molecule has 0 fully saturated rings. The van der Waals surface area contributed by atoms with E-state index in [1.165, 1.54) is 19.2 Å². The molecule has 6 nitrogen and oxygen atoms in total. The van der Waals surface area contributed by atoms with Gasteiger partial charge in [0.25, 0.3) is 0 Å². The van der Waals surface area contributed by atoms with Crippen molar-refractivity contribution >= 4 is 16.0 Å². The van der Waals surface area contributed by atoms with Crippen LogP contribution in [0.2, 0.25) is 0 Å². The highest BCUT2D eigenvalue weighted by Crippen LogP contribution is 2.20. The number of hydrogen-bond acceptors (Lipinski definition) is 4. The number of aryl methyl sites for hydroxylation is 1. The summed E-state index contributed by atoms with van der Waals surface area (Å²) in [5.41, 5.74) is 0.417. The van der Waals surface area contributed by atoms with Gasteiger partial charge in [0.2, 0.25) is 10.0 Å². The molecular formula is C12H17NO5S. The first-order valence-electron chi connectivity index (χ1n) is 5.72. The van der Waals surface area contributed by atoms with E-state index in [0.717, 1.165) is 10.4 Å². The van der Waals surface area contributed by atoms with Crippen LogP contribution in [0.3, 0.4) is 0 Å². The monoisotopic (exact) mass is 287 g/mol. The Labute approximate surface area is 112 Å². The van der Waals surface area contributed by atoms with E-state index in [0.29, 0.717) is 12.0 Å². The largest absolute Gasteiger partial charge is 0.478 e. The van der Waals surface area contributed by atoms with Crippen LogP contribution in [0.15, 0.2) is 23.1 Å². The summed E-state index contributed by atoms with van der Waals surface area (Å²) in [5, 5.41) is 17.6. The molecule has 0 saturated carbocycles. The van der Waals surface area contributed by atoms with Crippen LogP contribution >= 0.6 is 0 Å². The van der Waals surface area contributed by atoms with Crippen molar-refractivity contribution in [1.29, 1.82) is 0 Å². The lowest BCUT2D eigenvalue weighted by atomic mass is 10.1. The van der Waals surface area contributed by atoms with Crippen LogP contribution in [-0.2, 0) is 10.0 Å². The van der Waals surface area contributed by atoms with Crippen LogP contribution in [0.4, 0.5) is 0 Å². The van der Waals surface area contributed by atoms with Gasteiger partial charge in [0.15, 0.2) is 0 Å². The van der Waals surface area contributed by atoms with Gasteiger partial charge in [-0.25, -0.2) is 17.5 Å². The quantitative estimate of drug-likeness (QED) is 0.803. The normalized spacial score (nSPS) is 11.8. The van der Waals surface area contributed by atoms with E-state index in [9.17, 15) is 13.2 Å². The van der Waals surface area contributed by atoms with Crippen LogP contribution in [0.25, 0.3) is 0 Å². The fourth-order valence-corrected chi connectivity index (χ4v) is 3.05. The van der Waals surface area contributed by atoms with Crippen LogP contribution in [0, 0.1) is 6.92 Å². The fourth-order valence-electron chi connectivity index (χ4n) is 1.59. The van der Waals surface area contributed by atoms with Gasteiger partial charge >= 0.3 is 5.97 Å². The maximum atomic E-state index is 12.3. The van der Waals surface area contributed by atoms with Gasteiger partial charge in [0, 0.05) is 20.2 Å². The molecule has 1 aromatic carbocycles. The van der Waals surface area contributed by atoms with E-state index >= 15 is 0 Å². The Kier molecular flexibility index (Phi) is 5.04. The van der Waals surface area contributed by atoms with Crippen LogP contribution in [0.5, 0.6) is 0 Å². The number of aliphatic hydroxyl groups is 1. The van der Waals surface area contributed by atoms with E-state index in [-0.39, 0.29) is 23.6 Å². The van der Waals surface area contributed by atoms with Gasteiger partial charge in [-0.1, -0.05) is 6.07 Å². The lowest BCUT2D eigenvalue weighted by molar-refractivity contribution is 0.0696. The maximum Gasteiger partial charge on any atom is 0.335 e. The van der Waals surface area contributed by atoms with E-state index < -0.39 is 16.0 Å². The number of aromatic carboxylic acids is 1. The Morgan fingerprint density at radius 3 is 2.53 bits per heavy atom. The number of sulfonamides is 1. The van der Waals surface area contributed by atoms with Crippen LogP contribution in [-0.4, -0.2) is 49.1 Å². The molecule has 7 heteroatoms. The van der Waals surface area contributed by atoms with E-state index in [2.05, 4.69) is 0 Å². The molecule has 0 radical (unpaired) electrons. The van der Waals surface area contributed by atoms with Gasteiger partial charge in [-0.05, 0) is 31.0 Å². The minimum atomic E-state index is -3.74. The third-order valence-electron chi connectivity index (χ3n) is 2.75. The molecule has 0 aliphatic heterocycles. The maximum absolute atomic E-state index is 12.3. The van der Waals surface area contributed by atoms with Gasteiger partial charge in [0.05, 0.1) is 10.5 Å². The zero-order valence-corrected chi connectivity index (χ0v) is 11.6. The summed E-state index contributed by atoms with van der Waals surface area (Å²) in [6.45, 7) is 1.68. The lowest BCUT2D eigenvalue weighted by Crippen LogP contribution is -2.29. The SMILES string of the molecule is Cc1ccc(C(=O)O)cc1S(=O)(=O)N(C)CCCO. The first-order chi connectivity index (χ1) is 8.80. The van der Waals surface area contributed by atoms with E-state index in [1.54, 1.807) is 6.92 Å². The average molecular weight is 287 g/mol. The second-order valence-corrected chi connectivity index (χ2v) is 6.20. The Bertz CT molecular complexity index is 567. The van der Waals surface area contributed by atoms with Crippen molar-refractivity contribution in [2.24, 2.45) is 0 Å². The molecule has 1 rings (SSSR count). The molecule has 0 saturated heterocycles. The molecule has 0 bridgehead atoms. The molecular weight excluding hydrogens is 270 g/mol. The molecule has 0 amide bonds. The van der Waals surface area contributed by atoms with Gasteiger partial charge < -0.3 is 10.2 Å². The first kappa shape index (κ1) is 15.6. The summed E-state index contributed by atoms with van der Waals surface area (Å²) >= 11 is 0. The van der Waals surface area contributed by atoms with Crippen molar-refractivity contribution in [2.75, 3.05) is 20.2 Å². The van der Waals surface area contributed by atoms with Crippen molar-refractivity contribution in [3.63, 3.8) is 0 Å². The molecule has 19 heavy (non-hydrogen) atoms. The zero-order chi connectivity index (χ0) is 14.6. The van der Waals surface area contributed by atoms with Crippen LogP contribution in [0.1, 0.15) is 22.3 Å². The van der Waals surface area contributed by atoms with Crippen molar-refractivity contribution in [1.82, 2.24) is 4.31 Å². The second-order valence-electron chi connectivity index (χ2n) is 4.19. The highest BCUT2D eigenvalue weighted by atomic mass is 32.2. The number of nitrogens with zero attached hydrogens (tertiary/aromatic N) is 1. The summed E-state index contributed by atoms with van der Waals surface area (Å²) < 4.78 is 25.7. The van der Waals surface area contributed by atoms with Gasteiger partial charge in [-0.15, -0.1) is 0 Å². The summed E-state index contributed by atoms with van der Waals surface area (Å²) in [6, 6.07) is 3.99. The summed E-state index contributed by atoms with van der Waals surface area (Å²) in [5.74, 6) is -1.17. The fraction of sp³-hybridized carbons (Fsp3) is 0.417. The van der Waals surface area contributed by atoms with Crippen molar-refractivity contribution in [2.45, 2.75) is 18.2 Å². The lowest BCUT2D eigenvalue weighted by Gasteiger charge is -2.18. The van der Waals surface area contributed by atoms with Crippen molar-refractivity contribution < 1.29 is 23.4 Å². The van der Waals surface area contributed by atoms with Crippen molar-refractivity contribution in [3.8, 4) is 0 Å². The minimum Gasteiger partial charge on any atom is -0.478 e. The predicted molar refractivity (Wildman–Crippen MR) is 69.7 cm³/mol. The zero-order valence-electron chi connectivity index (χ0n) is 10.8. The molecule has 0 aliphatic carbocycles. The second kappa shape index (κ2) is 6.14. The number of aliphatic hydroxyl groups excluding tert-OH is 1. The Morgan fingerprint density at radius 2 is 2.00 bits per heavy atom. The molecule has 0 heterocycles. The van der Waals surface area contributed by atoms with Crippen LogP contribution < -0.4 is 0 Å². The number of rotatable bonds is 6. The number of hydrogen-bond donors (Lipinski definition) is 2. The topological polar surface area (TPSA) is 94.9 Å². The molecule has 0 aromatic heterocycles. The molecule has 0 aliphatic rings. The molecule has 0 unspecified atom stereocenters. The van der Waals surface area contributed by atoms with Gasteiger partial charge in [-0.3, -0.25) is 0 Å². The molecule has 0 atom stereocenters. The highest BCUT2D eigenvalue weighted by Gasteiger charge is 2.23.